The quantitative estimate of drug-likeness (QED) is 0.233. The van der Waals surface area contributed by atoms with Crippen molar-refractivity contribution >= 4 is 45.5 Å². The summed E-state index contributed by atoms with van der Waals surface area (Å²) in [5, 5.41) is 33.2. The molecule has 3 aromatic rings. The van der Waals surface area contributed by atoms with E-state index in [9.17, 15) is 24.9 Å². The number of hydrogen-bond donors (Lipinski definition) is 5. The van der Waals surface area contributed by atoms with Crippen molar-refractivity contribution in [2.45, 2.75) is 90.4 Å². The lowest BCUT2D eigenvalue weighted by atomic mass is 9.84. The normalized spacial score (nSPS) is 22.9. The molecule has 5 heterocycles. The molecule has 5 atom stereocenters. The maximum absolute atomic E-state index is 13.3. The predicted octanol–water partition coefficient (Wildman–Crippen LogP) is 5.60. The highest BCUT2D eigenvalue weighted by Crippen LogP contribution is 2.46. The molecule has 10 nitrogen and oxygen atoms in total. The second-order valence-electron chi connectivity index (χ2n) is 12.7. The number of aromatic amines is 2. The van der Waals surface area contributed by atoms with Crippen molar-refractivity contribution in [1.82, 2.24) is 19.9 Å². The van der Waals surface area contributed by atoms with E-state index in [0.717, 1.165) is 45.5 Å². The number of carbonyl (C=O) groups is 2. The third-order valence-corrected chi connectivity index (χ3v) is 10.1. The van der Waals surface area contributed by atoms with Crippen LogP contribution in [-0.2, 0) is 14.3 Å². The van der Waals surface area contributed by atoms with Crippen molar-refractivity contribution in [3.8, 4) is 0 Å². The number of methoxy groups -OCH3 is 1. The number of nitrogens with zero attached hydrogens (tertiary/aromatic N) is 2. The second kappa shape index (κ2) is 11.1. The molecule has 0 spiro atoms. The Balaban J connectivity index is 1.83. The Bertz CT molecular complexity index is 2050. The number of fused-ring (bicyclic) bond motifs is 8. The van der Waals surface area contributed by atoms with Crippen LogP contribution >= 0.6 is 0 Å². The van der Waals surface area contributed by atoms with E-state index in [1.165, 1.54) is 7.11 Å². The minimum Gasteiger partial charge on any atom is -0.512 e. The van der Waals surface area contributed by atoms with Crippen LogP contribution in [0.1, 0.15) is 116 Å². The van der Waals surface area contributed by atoms with Gasteiger partial charge in [-0.2, -0.15) is 0 Å². The van der Waals surface area contributed by atoms with E-state index in [-0.39, 0.29) is 41.6 Å². The van der Waals surface area contributed by atoms with Crippen molar-refractivity contribution in [3.05, 3.63) is 68.1 Å². The first kappa shape index (κ1) is 30.4. The zero-order chi connectivity index (χ0) is 32.5. The van der Waals surface area contributed by atoms with Gasteiger partial charge in [-0.15, -0.1) is 0 Å². The smallest absolute Gasteiger partial charge is 0.321 e. The molecule has 0 fully saturated rings. The maximum Gasteiger partial charge on any atom is 0.321 e. The number of ether oxygens (including phenoxy) is 1. The van der Waals surface area contributed by atoms with E-state index in [1.54, 1.807) is 6.92 Å². The highest BCUT2D eigenvalue weighted by molar-refractivity contribution is 5.96. The van der Waals surface area contributed by atoms with Gasteiger partial charge in [0.2, 0.25) is 0 Å². The third kappa shape index (κ3) is 4.69. The van der Waals surface area contributed by atoms with Gasteiger partial charge in [0.25, 0.3) is 0 Å². The van der Waals surface area contributed by atoms with Crippen LogP contribution in [0.2, 0.25) is 0 Å². The number of aryl methyl sites for hydroxylation is 2. The van der Waals surface area contributed by atoms with Gasteiger partial charge < -0.3 is 30.0 Å². The molecule has 5 N–H and O–H groups in total. The average molecular weight is 613 g/mol. The van der Waals surface area contributed by atoms with Gasteiger partial charge in [0.1, 0.15) is 11.7 Å². The lowest BCUT2D eigenvalue weighted by Gasteiger charge is -2.19. The summed E-state index contributed by atoms with van der Waals surface area (Å²) in [6.07, 6.45) is 1.08. The minimum absolute atomic E-state index is 0.0821. The van der Waals surface area contributed by atoms with Crippen LogP contribution in [0.25, 0.3) is 33.6 Å². The number of H-pyrrole nitrogens is 2. The molecule has 236 valence electrons. The number of nitrogens with one attached hydrogen (secondary N) is 2. The first-order chi connectivity index (χ1) is 21.4. The Labute approximate surface area is 260 Å². The van der Waals surface area contributed by atoms with Gasteiger partial charge in [0.15, 0.2) is 0 Å². The first-order valence-electron chi connectivity index (χ1n) is 15.5. The first-order valence-corrected chi connectivity index (χ1v) is 15.5. The van der Waals surface area contributed by atoms with Gasteiger partial charge in [-0.25, -0.2) is 0 Å². The van der Waals surface area contributed by atoms with Crippen molar-refractivity contribution in [1.29, 1.82) is 0 Å². The van der Waals surface area contributed by atoms with Gasteiger partial charge >= 0.3 is 11.9 Å². The fourth-order valence-electron chi connectivity index (χ4n) is 7.65. The summed E-state index contributed by atoms with van der Waals surface area (Å²) in [4.78, 5) is 42.2. The summed E-state index contributed by atoms with van der Waals surface area (Å²) in [5.41, 5.74) is 8.09. The third-order valence-electron chi connectivity index (χ3n) is 10.1. The van der Waals surface area contributed by atoms with Gasteiger partial charge in [0, 0.05) is 74.2 Å². The van der Waals surface area contributed by atoms with Crippen LogP contribution in [0.4, 0.5) is 0 Å². The Morgan fingerprint density at radius 1 is 0.911 bits per heavy atom. The fourth-order valence-corrected chi connectivity index (χ4v) is 7.65. The number of carboxylic acids is 1. The number of esters is 1. The summed E-state index contributed by atoms with van der Waals surface area (Å²) in [5.74, 6) is -2.83. The maximum atomic E-state index is 13.3. The zero-order valence-electron chi connectivity index (χ0n) is 26.7. The largest absolute Gasteiger partial charge is 0.512 e. The number of aliphatic hydroxyl groups is 2. The van der Waals surface area contributed by atoms with Crippen LogP contribution in [0.15, 0.2) is 18.2 Å². The van der Waals surface area contributed by atoms with Gasteiger partial charge in [-0.1, -0.05) is 20.8 Å². The number of rotatable bonds is 5. The number of aliphatic hydroxyl groups excluding tert-OH is 2. The second-order valence-corrected chi connectivity index (χ2v) is 12.7. The highest BCUT2D eigenvalue weighted by atomic mass is 16.5. The van der Waals surface area contributed by atoms with Crippen molar-refractivity contribution in [3.63, 3.8) is 0 Å². The van der Waals surface area contributed by atoms with Crippen LogP contribution in [-0.4, -0.2) is 54.3 Å². The minimum atomic E-state index is -1.10. The Morgan fingerprint density at radius 3 is 2.18 bits per heavy atom. The van der Waals surface area contributed by atoms with Crippen LogP contribution in [0.3, 0.4) is 0 Å². The van der Waals surface area contributed by atoms with E-state index in [1.807, 2.05) is 39.0 Å². The zero-order valence-corrected chi connectivity index (χ0v) is 26.7. The van der Waals surface area contributed by atoms with E-state index in [2.05, 4.69) is 23.8 Å². The van der Waals surface area contributed by atoms with E-state index in [4.69, 9.17) is 14.7 Å². The molecule has 2 aliphatic heterocycles. The molecule has 0 radical (unpaired) electrons. The van der Waals surface area contributed by atoms with E-state index >= 15 is 0 Å². The molecular formula is C35H40N4O6. The number of aliphatic carboxylic acids is 1. The topological polar surface area (TPSA) is 161 Å². The summed E-state index contributed by atoms with van der Waals surface area (Å²) in [7, 11) is 1.29. The van der Waals surface area contributed by atoms with E-state index in [0.29, 0.717) is 39.3 Å². The summed E-state index contributed by atoms with van der Waals surface area (Å²) < 4.78 is 5.17. The molecule has 0 saturated heterocycles. The Morgan fingerprint density at radius 2 is 1.53 bits per heavy atom. The van der Waals surface area contributed by atoms with E-state index < -0.39 is 17.9 Å². The molecule has 0 amide bonds. The number of aromatic nitrogens is 4. The Hall–Kier alpha value is -4.60. The van der Waals surface area contributed by atoms with Crippen molar-refractivity contribution in [2.75, 3.05) is 7.11 Å². The lowest BCUT2D eigenvalue weighted by molar-refractivity contribution is -0.141. The lowest BCUT2D eigenvalue weighted by Crippen LogP contribution is -2.18. The monoisotopic (exact) mass is 612 g/mol. The molecule has 10 heteroatoms. The van der Waals surface area contributed by atoms with Gasteiger partial charge in [0.05, 0.1) is 29.6 Å². The Kier molecular flexibility index (Phi) is 7.49. The molecule has 0 saturated carbocycles. The summed E-state index contributed by atoms with van der Waals surface area (Å²) in [6.45, 7) is 11.8. The summed E-state index contributed by atoms with van der Waals surface area (Å²) >= 11 is 0. The van der Waals surface area contributed by atoms with Crippen LogP contribution < -0.4 is 10.4 Å². The molecular weight excluding hydrogens is 572 g/mol. The molecule has 3 aliphatic rings. The fraction of sp³-hybridized carbons (Fsp3) is 0.429. The standard InChI is InChI=1S/C35H40N4O6/c1-8-19-14(2)21-13-26-28(18(6)40)16(4)23(37-26)11-22-15(3)20(9-10-27(41)42)32(38-22)30-31(35(44)45-7)34(43)29-17(5)24(39-33(29)30)12-25(19)36-21/h11-15,19-20,31,37,39-40,43H,8-10H2,1-7H3,(H,41,42)/b22-11?,25-12?,26-13?,28-18+/t14-,15+,19-,20+,31-/m1/s1. The summed E-state index contributed by atoms with van der Waals surface area (Å²) in [6, 6.07) is 5.97. The molecule has 0 unspecified atom stereocenters. The van der Waals surface area contributed by atoms with Crippen LogP contribution in [0.5, 0.6) is 0 Å². The average Bonchev–Trinajstić information content (AvgIpc) is 3.72. The highest BCUT2D eigenvalue weighted by Gasteiger charge is 2.41. The number of carbonyl (C=O) groups excluding carboxylic acids is 1. The van der Waals surface area contributed by atoms with Gasteiger partial charge in [-0.3, -0.25) is 19.6 Å². The van der Waals surface area contributed by atoms with Crippen LogP contribution in [0, 0.1) is 13.8 Å². The molecule has 45 heavy (non-hydrogen) atoms. The number of carboxylic acid groups (broad SMARTS) is 1. The molecule has 0 aromatic carbocycles. The van der Waals surface area contributed by atoms with Crippen molar-refractivity contribution in [2.24, 2.45) is 0 Å². The van der Waals surface area contributed by atoms with Crippen molar-refractivity contribution < 1.29 is 29.6 Å². The molecule has 8 bridgehead atoms. The number of hydrogen-bond acceptors (Lipinski definition) is 7. The molecule has 3 aromatic heterocycles. The predicted molar refractivity (Wildman–Crippen MR) is 172 cm³/mol. The van der Waals surface area contributed by atoms with Gasteiger partial charge in [-0.05, 0) is 62.9 Å². The molecule has 1 aliphatic carbocycles. The SMILES string of the molecule is CC[C@H]1c2cc3[nH]c4c(c5nc(cc6[nH]c(cc(n2)[C@@H]1C)/c(=C(\C)O)c6C)[C@@H](C)[C@@H]5CCC(=O)O)[C@@H](C(=O)OC)C(O)=c4c3C. The molecule has 6 rings (SSSR count).